The molecule has 1 fully saturated rings. The zero-order valence-electron chi connectivity index (χ0n) is 14.5. The van der Waals surface area contributed by atoms with Gasteiger partial charge < -0.3 is 10.2 Å². The van der Waals surface area contributed by atoms with Gasteiger partial charge in [0.15, 0.2) is 0 Å². The van der Waals surface area contributed by atoms with Crippen LogP contribution >= 0.6 is 11.6 Å². The van der Waals surface area contributed by atoms with Crippen LogP contribution in [0.2, 0.25) is 5.02 Å². The molecule has 132 valence electrons. The quantitative estimate of drug-likeness (QED) is 0.892. The molecule has 0 aliphatic carbocycles. The van der Waals surface area contributed by atoms with Gasteiger partial charge >= 0.3 is 0 Å². The van der Waals surface area contributed by atoms with E-state index in [1.807, 2.05) is 61.5 Å². The van der Waals surface area contributed by atoms with Crippen molar-refractivity contribution in [3.05, 3.63) is 65.2 Å². The minimum atomic E-state index is -0.128. The Bertz CT molecular complexity index is 699. The molecule has 3 rings (SSSR count). The number of benzene rings is 2. The van der Waals surface area contributed by atoms with E-state index in [9.17, 15) is 4.79 Å². The Kier molecular flexibility index (Phi) is 5.95. The normalized spacial score (nSPS) is 16.5. The lowest BCUT2D eigenvalue weighted by atomic mass is 10.2. The van der Waals surface area contributed by atoms with Crippen molar-refractivity contribution in [1.82, 2.24) is 10.2 Å². The number of piperazine rings is 1. The first-order chi connectivity index (χ1) is 12.1. The van der Waals surface area contributed by atoms with Gasteiger partial charge in [0.1, 0.15) is 0 Å². The summed E-state index contributed by atoms with van der Waals surface area (Å²) in [6.45, 7) is 6.01. The van der Waals surface area contributed by atoms with E-state index in [0.717, 1.165) is 42.5 Å². The summed E-state index contributed by atoms with van der Waals surface area (Å²) in [4.78, 5) is 16.9. The highest BCUT2D eigenvalue weighted by molar-refractivity contribution is 6.33. The Morgan fingerprint density at radius 1 is 1.04 bits per heavy atom. The van der Waals surface area contributed by atoms with Crippen LogP contribution in [0.1, 0.15) is 12.5 Å². The molecule has 0 saturated carbocycles. The van der Waals surface area contributed by atoms with Gasteiger partial charge in [-0.2, -0.15) is 0 Å². The summed E-state index contributed by atoms with van der Waals surface area (Å²) in [6.07, 6.45) is 0. The zero-order chi connectivity index (χ0) is 17.6. The zero-order valence-corrected chi connectivity index (χ0v) is 15.2. The lowest BCUT2D eigenvalue weighted by molar-refractivity contribution is -0.126. The number of carbonyl (C=O) groups is 1. The summed E-state index contributed by atoms with van der Waals surface area (Å²) in [5, 5.41) is 3.81. The second-order valence-corrected chi connectivity index (χ2v) is 6.76. The molecule has 5 heteroatoms. The highest BCUT2D eigenvalue weighted by atomic mass is 35.5. The molecule has 1 unspecified atom stereocenters. The third-order valence-corrected chi connectivity index (χ3v) is 5.06. The number of para-hydroxylation sites is 1. The second-order valence-electron chi connectivity index (χ2n) is 6.35. The third-order valence-electron chi connectivity index (χ3n) is 4.74. The third kappa shape index (κ3) is 4.53. The fourth-order valence-electron chi connectivity index (χ4n) is 3.16. The number of carbonyl (C=O) groups excluding carboxylic acids is 1. The number of amides is 1. The highest BCUT2D eigenvalue weighted by Crippen LogP contribution is 2.26. The largest absolute Gasteiger partial charge is 0.368 e. The van der Waals surface area contributed by atoms with Gasteiger partial charge in [0.25, 0.3) is 0 Å². The topological polar surface area (TPSA) is 35.6 Å². The monoisotopic (exact) mass is 357 g/mol. The number of hydrogen-bond acceptors (Lipinski definition) is 3. The lowest BCUT2D eigenvalue weighted by Crippen LogP contribution is -2.53. The van der Waals surface area contributed by atoms with Crippen LogP contribution in [0.5, 0.6) is 0 Å². The van der Waals surface area contributed by atoms with Crippen molar-refractivity contribution in [2.24, 2.45) is 0 Å². The molecule has 1 aliphatic rings. The first-order valence-electron chi connectivity index (χ1n) is 8.70. The number of anilines is 1. The van der Waals surface area contributed by atoms with Crippen molar-refractivity contribution in [2.75, 3.05) is 31.1 Å². The van der Waals surface area contributed by atoms with Gasteiger partial charge in [0.2, 0.25) is 5.91 Å². The Morgan fingerprint density at radius 3 is 2.36 bits per heavy atom. The molecule has 2 aromatic rings. The second kappa shape index (κ2) is 8.37. The molecule has 0 aromatic heterocycles. The van der Waals surface area contributed by atoms with Gasteiger partial charge in [-0.25, -0.2) is 0 Å². The van der Waals surface area contributed by atoms with Crippen LogP contribution in [0.4, 0.5) is 5.69 Å². The Hall–Kier alpha value is -2.04. The van der Waals surface area contributed by atoms with E-state index in [2.05, 4.69) is 15.1 Å². The van der Waals surface area contributed by atoms with Crippen molar-refractivity contribution >= 4 is 23.2 Å². The van der Waals surface area contributed by atoms with E-state index in [4.69, 9.17) is 11.6 Å². The van der Waals surface area contributed by atoms with Gasteiger partial charge in [-0.3, -0.25) is 9.69 Å². The van der Waals surface area contributed by atoms with Gasteiger partial charge in [-0.05, 0) is 24.6 Å². The first kappa shape index (κ1) is 17.8. The van der Waals surface area contributed by atoms with E-state index in [0.29, 0.717) is 6.54 Å². The van der Waals surface area contributed by atoms with Crippen molar-refractivity contribution in [1.29, 1.82) is 0 Å². The molecule has 1 saturated heterocycles. The van der Waals surface area contributed by atoms with Crippen molar-refractivity contribution in [3.63, 3.8) is 0 Å². The van der Waals surface area contributed by atoms with Crippen LogP contribution in [0, 0.1) is 0 Å². The molecular formula is C20H24ClN3O. The van der Waals surface area contributed by atoms with Crippen LogP contribution in [0.3, 0.4) is 0 Å². The predicted octanol–water partition coefficient (Wildman–Crippen LogP) is 3.17. The van der Waals surface area contributed by atoms with Crippen LogP contribution in [-0.4, -0.2) is 43.0 Å². The Balaban J connectivity index is 1.50. The van der Waals surface area contributed by atoms with E-state index >= 15 is 0 Å². The molecule has 1 aliphatic heterocycles. The fourth-order valence-corrected chi connectivity index (χ4v) is 3.41. The van der Waals surface area contributed by atoms with E-state index in [1.54, 1.807) is 0 Å². The molecule has 0 bridgehead atoms. The summed E-state index contributed by atoms with van der Waals surface area (Å²) in [5.74, 6) is 0.0787. The maximum atomic E-state index is 12.4. The highest BCUT2D eigenvalue weighted by Gasteiger charge is 2.26. The summed E-state index contributed by atoms with van der Waals surface area (Å²) in [7, 11) is 0. The predicted molar refractivity (Wildman–Crippen MR) is 103 cm³/mol. The number of halogens is 1. The minimum absolute atomic E-state index is 0.0787. The molecular weight excluding hydrogens is 334 g/mol. The Morgan fingerprint density at radius 2 is 1.68 bits per heavy atom. The van der Waals surface area contributed by atoms with Crippen LogP contribution in [-0.2, 0) is 11.3 Å². The maximum absolute atomic E-state index is 12.4. The fraction of sp³-hybridized carbons (Fsp3) is 0.350. The van der Waals surface area contributed by atoms with Gasteiger partial charge in [0, 0.05) is 32.7 Å². The lowest BCUT2D eigenvalue weighted by Gasteiger charge is -2.38. The molecule has 0 radical (unpaired) electrons. The van der Waals surface area contributed by atoms with Crippen molar-refractivity contribution in [3.8, 4) is 0 Å². The molecule has 1 N–H and O–H groups in total. The van der Waals surface area contributed by atoms with Crippen molar-refractivity contribution in [2.45, 2.75) is 19.5 Å². The summed E-state index contributed by atoms with van der Waals surface area (Å²) < 4.78 is 0. The van der Waals surface area contributed by atoms with Crippen LogP contribution in [0.15, 0.2) is 54.6 Å². The van der Waals surface area contributed by atoms with E-state index in [-0.39, 0.29) is 11.9 Å². The smallest absolute Gasteiger partial charge is 0.237 e. The average Bonchev–Trinajstić information content (AvgIpc) is 2.67. The summed E-state index contributed by atoms with van der Waals surface area (Å²) in [6, 6.07) is 17.8. The van der Waals surface area contributed by atoms with Gasteiger partial charge in [0.05, 0.1) is 16.8 Å². The average molecular weight is 358 g/mol. The molecule has 4 nitrogen and oxygen atoms in total. The van der Waals surface area contributed by atoms with Crippen LogP contribution in [0.25, 0.3) is 0 Å². The molecule has 0 spiro atoms. The number of hydrogen-bond donors (Lipinski definition) is 1. The van der Waals surface area contributed by atoms with Crippen molar-refractivity contribution < 1.29 is 4.79 Å². The van der Waals surface area contributed by atoms with Crippen LogP contribution < -0.4 is 10.2 Å². The number of rotatable bonds is 5. The van der Waals surface area contributed by atoms with Gasteiger partial charge in [-0.15, -0.1) is 0 Å². The van der Waals surface area contributed by atoms with E-state index in [1.165, 1.54) is 0 Å². The number of nitrogens with one attached hydrogen (secondary N) is 1. The molecule has 25 heavy (non-hydrogen) atoms. The standard InChI is InChI=1S/C20H24ClN3O/c1-16(20(25)22-15-17-7-3-2-4-8-17)23-11-13-24(14-12-23)19-10-6-5-9-18(19)21/h2-10,16H,11-15H2,1H3,(H,22,25). The molecule has 1 amide bonds. The summed E-state index contributed by atoms with van der Waals surface area (Å²) in [5.41, 5.74) is 2.19. The molecule has 1 heterocycles. The molecule has 2 aromatic carbocycles. The van der Waals surface area contributed by atoms with E-state index < -0.39 is 0 Å². The first-order valence-corrected chi connectivity index (χ1v) is 9.08. The minimum Gasteiger partial charge on any atom is -0.368 e. The maximum Gasteiger partial charge on any atom is 0.237 e. The number of nitrogens with zero attached hydrogens (tertiary/aromatic N) is 2. The SMILES string of the molecule is CC(C(=O)NCc1ccccc1)N1CCN(c2ccccc2Cl)CC1. The molecule has 1 atom stereocenters. The Labute approximate surface area is 154 Å². The summed E-state index contributed by atoms with van der Waals surface area (Å²) >= 11 is 6.29. The van der Waals surface area contributed by atoms with Gasteiger partial charge in [-0.1, -0.05) is 54.1 Å².